The van der Waals surface area contributed by atoms with Crippen LogP contribution in [0.25, 0.3) is 0 Å². The number of nitrogens with zero attached hydrogens (tertiary/aromatic N) is 2. The van der Waals surface area contributed by atoms with Crippen molar-refractivity contribution in [3.8, 4) is 0 Å². The van der Waals surface area contributed by atoms with Crippen LogP contribution in [0.1, 0.15) is 58.0 Å². The molecule has 2 N–H and O–H groups in total. The molecule has 0 aliphatic rings. The fraction of sp³-hybridized carbons (Fsp3) is 0.846. The smallest absolute Gasteiger partial charge is 0.243 e. The summed E-state index contributed by atoms with van der Waals surface area (Å²) in [4.78, 5) is 4.41. The van der Waals surface area contributed by atoms with Gasteiger partial charge in [-0.1, -0.05) is 25.9 Å². The first-order valence-corrected chi connectivity index (χ1v) is 7.99. The van der Waals surface area contributed by atoms with E-state index in [4.69, 9.17) is 15.0 Å². The second-order valence-electron chi connectivity index (χ2n) is 5.58. The van der Waals surface area contributed by atoms with E-state index < -0.39 is 0 Å². The third-order valence-corrected chi connectivity index (χ3v) is 3.41. The number of thioether (sulfide) groups is 1. The van der Waals surface area contributed by atoms with Crippen molar-refractivity contribution in [2.45, 2.75) is 46.3 Å². The first kappa shape index (κ1) is 16.5. The highest BCUT2D eigenvalue weighted by Crippen LogP contribution is 2.34. The number of hydrogen-bond donors (Lipinski definition) is 1. The Hall–Kier alpha value is -0.590. The van der Waals surface area contributed by atoms with E-state index in [9.17, 15) is 0 Å². The molecule has 1 rings (SSSR count). The Morgan fingerprint density at radius 3 is 2.63 bits per heavy atom. The molecule has 0 saturated carbocycles. The molecule has 0 fully saturated rings. The van der Waals surface area contributed by atoms with Crippen molar-refractivity contribution in [1.82, 2.24) is 10.1 Å². The van der Waals surface area contributed by atoms with Crippen molar-refractivity contribution in [1.29, 1.82) is 0 Å². The van der Waals surface area contributed by atoms with Crippen LogP contribution in [0.2, 0.25) is 0 Å². The van der Waals surface area contributed by atoms with Gasteiger partial charge in [-0.2, -0.15) is 16.7 Å². The van der Waals surface area contributed by atoms with E-state index >= 15 is 0 Å². The maximum Gasteiger partial charge on any atom is 0.243 e. The van der Waals surface area contributed by atoms with Crippen LogP contribution in [0.15, 0.2) is 4.52 Å². The quantitative estimate of drug-likeness (QED) is 0.831. The normalized spacial score (nSPS) is 15.5. The van der Waals surface area contributed by atoms with Crippen molar-refractivity contribution >= 4 is 11.8 Å². The Kier molecular flexibility index (Phi) is 6.29. The Bertz CT molecular complexity index is 376. The van der Waals surface area contributed by atoms with Crippen LogP contribution in [-0.4, -0.2) is 28.8 Å². The predicted molar refractivity (Wildman–Crippen MR) is 78.0 cm³/mol. The summed E-state index contributed by atoms with van der Waals surface area (Å²) in [5.74, 6) is 2.06. The molecule has 1 heterocycles. The molecule has 1 unspecified atom stereocenters. The van der Waals surface area contributed by atoms with E-state index in [1.165, 1.54) is 0 Å². The Morgan fingerprint density at radius 1 is 1.42 bits per heavy atom. The van der Waals surface area contributed by atoms with Gasteiger partial charge >= 0.3 is 0 Å². The topological polar surface area (TPSA) is 74.2 Å². The number of aromatic nitrogens is 2. The van der Waals surface area contributed by atoms with Gasteiger partial charge in [0, 0.05) is 6.61 Å². The minimum atomic E-state index is -0.198. The van der Waals surface area contributed by atoms with E-state index in [2.05, 4.69) is 37.2 Å². The lowest BCUT2D eigenvalue weighted by atomic mass is 9.88. The number of hydrogen-bond acceptors (Lipinski definition) is 6. The molecule has 19 heavy (non-hydrogen) atoms. The van der Waals surface area contributed by atoms with Gasteiger partial charge in [0.05, 0.1) is 6.04 Å². The van der Waals surface area contributed by atoms with Crippen LogP contribution >= 0.6 is 11.8 Å². The van der Waals surface area contributed by atoms with E-state index in [0.29, 0.717) is 18.3 Å². The molecular formula is C13H25N3O2S. The van der Waals surface area contributed by atoms with E-state index in [1.807, 2.05) is 6.92 Å². The summed E-state index contributed by atoms with van der Waals surface area (Å²) in [5.41, 5.74) is 5.94. The summed E-state index contributed by atoms with van der Waals surface area (Å²) >= 11 is 1.76. The standard InChI is InChI=1S/C13H25N3O2S/c1-6-17-10(13(2,3)4)11-15-12(18-16-11)9(14)7-8-19-5/h9-10H,6-8,14H2,1-5H3/t9-,10?/m1/s1. The molecule has 1 aromatic rings. The summed E-state index contributed by atoms with van der Waals surface area (Å²) in [6, 6.07) is -0.198. The maximum absolute atomic E-state index is 6.03. The van der Waals surface area contributed by atoms with Gasteiger partial charge in [0.15, 0.2) is 0 Å². The number of ether oxygens (including phenoxy) is 1. The van der Waals surface area contributed by atoms with Gasteiger partial charge in [-0.15, -0.1) is 0 Å². The minimum absolute atomic E-state index is 0.0828. The highest BCUT2D eigenvalue weighted by Gasteiger charge is 2.31. The zero-order chi connectivity index (χ0) is 14.5. The Balaban J connectivity index is 2.81. The molecule has 0 aliphatic carbocycles. The zero-order valence-electron chi connectivity index (χ0n) is 12.5. The molecule has 0 aliphatic heterocycles. The first-order chi connectivity index (χ1) is 8.90. The lowest BCUT2D eigenvalue weighted by Crippen LogP contribution is -2.23. The predicted octanol–water partition coefficient (Wildman–Crippen LogP) is 2.95. The van der Waals surface area contributed by atoms with Crippen LogP contribution < -0.4 is 5.73 Å². The van der Waals surface area contributed by atoms with Gasteiger partial charge in [0.2, 0.25) is 11.7 Å². The molecule has 5 nitrogen and oxygen atoms in total. The Morgan fingerprint density at radius 2 is 2.11 bits per heavy atom. The van der Waals surface area contributed by atoms with Gasteiger partial charge in [0.1, 0.15) is 6.10 Å². The Labute approximate surface area is 119 Å². The maximum atomic E-state index is 6.03. The molecule has 0 aromatic carbocycles. The zero-order valence-corrected chi connectivity index (χ0v) is 13.3. The second-order valence-corrected chi connectivity index (χ2v) is 6.57. The molecule has 0 saturated heterocycles. The molecule has 6 heteroatoms. The van der Waals surface area contributed by atoms with Crippen LogP contribution in [-0.2, 0) is 4.74 Å². The molecular weight excluding hydrogens is 262 g/mol. The number of nitrogens with two attached hydrogens (primary N) is 1. The van der Waals surface area contributed by atoms with Gasteiger partial charge in [-0.3, -0.25) is 0 Å². The lowest BCUT2D eigenvalue weighted by molar-refractivity contribution is -0.0203. The molecule has 0 spiro atoms. The second kappa shape index (κ2) is 7.26. The van der Waals surface area contributed by atoms with Crippen molar-refractivity contribution in [2.24, 2.45) is 11.1 Å². The van der Waals surface area contributed by atoms with Crippen LogP contribution in [0.5, 0.6) is 0 Å². The van der Waals surface area contributed by atoms with Crippen molar-refractivity contribution in [3.05, 3.63) is 11.7 Å². The average molecular weight is 287 g/mol. The third kappa shape index (κ3) is 4.78. The van der Waals surface area contributed by atoms with Gasteiger partial charge in [0.25, 0.3) is 0 Å². The summed E-state index contributed by atoms with van der Waals surface area (Å²) < 4.78 is 11.0. The van der Waals surface area contributed by atoms with Crippen molar-refractivity contribution in [3.63, 3.8) is 0 Å². The lowest BCUT2D eigenvalue weighted by Gasteiger charge is -2.27. The largest absolute Gasteiger partial charge is 0.370 e. The molecule has 2 atom stereocenters. The minimum Gasteiger partial charge on any atom is -0.370 e. The van der Waals surface area contributed by atoms with Crippen LogP contribution in [0, 0.1) is 5.41 Å². The van der Waals surface area contributed by atoms with Crippen molar-refractivity contribution in [2.75, 3.05) is 18.6 Å². The molecule has 1 aromatic heterocycles. The van der Waals surface area contributed by atoms with Gasteiger partial charge in [-0.25, -0.2) is 0 Å². The highest BCUT2D eigenvalue weighted by atomic mass is 32.2. The monoisotopic (exact) mass is 287 g/mol. The van der Waals surface area contributed by atoms with E-state index in [1.54, 1.807) is 11.8 Å². The third-order valence-electron chi connectivity index (χ3n) is 2.76. The van der Waals surface area contributed by atoms with E-state index in [0.717, 1.165) is 12.2 Å². The van der Waals surface area contributed by atoms with Crippen molar-refractivity contribution < 1.29 is 9.26 Å². The summed E-state index contributed by atoms with van der Waals surface area (Å²) in [6.07, 6.45) is 2.71. The molecule has 0 radical (unpaired) electrons. The SMILES string of the molecule is CCOC(c1noc([C@H](N)CCSC)n1)C(C)(C)C. The highest BCUT2D eigenvalue weighted by molar-refractivity contribution is 7.98. The molecule has 110 valence electrons. The van der Waals surface area contributed by atoms with Gasteiger partial charge in [-0.05, 0) is 30.8 Å². The van der Waals surface area contributed by atoms with Crippen LogP contribution in [0.3, 0.4) is 0 Å². The average Bonchev–Trinajstić information content (AvgIpc) is 2.80. The molecule has 0 bridgehead atoms. The van der Waals surface area contributed by atoms with E-state index in [-0.39, 0.29) is 17.6 Å². The van der Waals surface area contributed by atoms with Gasteiger partial charge < -0.3 is 15.0 Å². The first-order valence-electron chi connectivity index (χ1n) is 6.59. The fourth-order valence-electron chi connectivity index (χ4n) is 1.75. The summed E-state index contributed by atoms with van der Waals surface area (Å²) in [6.45, 7) is 8.86. The summed E-state index contributed by atoms with van der Waals surface area (Å²) in [7, 11) is 0. The number of rotatable bonds is 7. The fourth-order valence-corrected chi connectivity index (χ4v) is 2.24. The van der Waals surface area contributed by atoms with Crippen LogP contribution in [0.4, 0.5) is 0 Å². The molecule has 0 amide bonds. The summed E-state index contributed by atoms with van der Waals surface area (Å²) in [5, 5.41) is 4.03.